The third-order valence-electron chi connectivity index (χ3n) is 3.25. The van der Waals surface area contributed by atoms with E-state index in [0.29, 0.717) is 11.7 Å². The maximum Gasteiger partial charge on any atom is 0.273 e. The average Bonchev–Trinajstić information content (AvgIpc) is 2.73. The van der Waals surface area contributed by atoms with Crippen LogP contribution in [0.3, 0.4) is 0 Å². The summed E-state index contributed by atoms with van der Waals surface area (Å²) in [6.07, 6.45) is 5.00. The summed E-state index contributed by atoms with van der Waals surface area (Å²) in [5.74, 6) is -0.128. The van der Waals surface area contributed by atoms with Crippen LogP contribution in [0.4, 0.5) is 0 Å². The molecule has 1 unspecified atom stereocenters. The Morgan fingerprint density at radius 3 is 3.06 bits per heavy atom. The molecule has 1 amide bonds. The predicted molar refractivity (Wildman–Crippen MR) is 68.4 cm³/mol. The van der Waals surface area contributed by atoms with E-state index < -0.39 is 0 Å². The molecular formula is C12H21N5O. The molecule has 1 aromatic rings. The molecule has 0 radical (unpaired) electrons. The van der Waals surface area contributed by atoms with E-state index in [1.54, 1.807) is 10.9 Å². The lowest BCUT2D eigenvalue weighted by Gasteiger charge is -2.26. The first-order valence-corrected chi connectivity index (χ1v) is 6.64. The van der Waals surface area contributed by atoms with Crippen LogP contribution >= 0.6 is 0 Å². The first kappa shape index (κ1) is 13.0. The van der Waals surface area contributed by atoms with Gasteiger partial charge >= 0.3 is 0 Å². The number of rotatable bonds is 6. The van der Waals surface area contributed by atoms with Gasteiger partial charge in [0, 0.05) is 19.1 Å². The van der Waals surface area contributed by atoms with Gasteiger partial charge in [0.25, 0.3) is 5.91 Å². The van der Waals surface area contributed by atoms with Crippen LogP contribution in [0.2, 0.25) is 0 Å². The maximum atomic E-state index is 11.9. The molecule has 0 saturated carbocycles. The summed E-state index contributed by atoms with van der Waals surface area (Å²) >= 11 is 0. The summed E-state index contributed by atoms with van der Waals surface area (Å²) in [5, 5.41) is 14.0. The Morgan fingerprint density at radius 2 is 2.44 bits per heavy atom. The van der Waals surface area contributed by atoms with Gasteiger partial charge in [-0.05, 0) is 13.3 Å². The molecule has 0 aromatic carbocycles. The van der Waals surface area contributed by atoms with Crippen molar-refractivity contribution in [2.75, 3.05) is 13.1 Å². The SMILES string of the molecule is CCCCC(C)NC(=O)c1cn(C2CNC2)nn1. The Labute approximate surface area is 107 Å². The minimum atomic E-state index is -0.128. The van der Waals surface area contributed by atoms with E-state index in [2.05, 4.69) is 27.9 Å². The van der Waals surface area contributed by atoms with Crippen molar-refractivity contribution in [3.63, 3.8) is 0 Å². The molecule has 1 fully saturated rings. The topological polar surface area (TPSA) is 71.8 Å². The van der Waals surface area contributed by atoms with Crippen molar-refractivity contribution in [1.29, 1.82) is 0 Å². The summed E-state index contributed by atoms with van der Waals surface area (Å²) in [6.45, 7) is 5.97. The number of hydrogen-bond acceptors (Lipinski definition) is 4. The Balaban J connectivity index is 1.86. The average molecular weight is 251 g/mol. The van der Waals surface area contributed by atoms with Gasteiger partial charge in [0.05, 0.1) is 12.2 Å². The van der Waals surface area contributed by atoms with Crippen LogP contribution in [0, 0.1) is 0 Å². The van der Waals surface area contributed by atoms with Crippen LogP contribution in [-0.4, -0.2) is 40.0 Å². The molecule has 6 heteroatoms. The van der Waals surface area contributed by atoms with Gasteiger partial charge in [-0.2, -0.15) is 0 Å². The van der Waals surface area contributed by atoms with Gasteiger partial charge in [0.2, 0.25) is 0 Å². The molecule has 18 heavy (non-hydrogen) atoms. The number of nitrogens with one attached hydrogen (secondary N) is 2. The van der Waals surface area contributed by atoms with Crippen molar-refractivity contribution in [3.8, 4) is 0 Å². The van der Waals surface area contributed by atoms with Gasteiger partial charge in [-0.25, -0.2) is 4.68 Å². The van der Waals surface area contributed by atoms with E-state index in [4.69, 9.17) is 0 Å². The molecular weight excluding hydrogens is 230 g/mol. The molecule has 1 aromatic heterocycles. The highest BCUT2D eigenvalue weighted by molar-refractivity contribution is 5.92. The molecule has 1 atom stereocenters. The third-order valence-corrected chi connectivity index (χ3v) is 3.25. The van der Waals surface area contributed by atoms with Crippen LogP contribution in [-0.2, 0) is 0 Å². The fourth-order valence-electron chi connectivity index (χ4n) is 1.90. The van der Waals surface area contributed by atoms with Gasteiger partial charge in [0.15, 0.2) is 5.69 Å². The smallest absolute Gasteiger partial charge is 0.273 e. The fraction of sp³-hybridized carbons (Fsp3) is 0.750. The molecule has 2 heterocycles. The number of hydrogen-bond donors (Lipinski definition) is 2. The van der Waals surface area contributed by atoms with E-state index >= 15 is 0 Å². The van der Waals surface area contributed by atoms with E-state index in [-0.39, 0.29) is 11.9 Å². The lowest BCUT2D eigenvalue weighted by molar-refractivity contribution is 0.0933. The quantitative estimate of drug-likeness (QED) is 0.782. The molecule has 0 aliphatic carbocycles. The number of aromatic nitrogens is 3. The number of carbonyl (C=O) groups is 1. The second-order valence-electron chi connectivity index (χ2n) is 4.91. The molecule has 0 spiro atoms. The van der Waals surface area contributed by atoms with Gasteiger partial charge in [-0.3, -0.25) is 4.79 Å². The highest BCUT2D eigenvalue weighted by Crippen LogP contribution is 2.10. The third kappa shape index (κ3) is 3.07. The van der Waals surface area contributed by atoms with Crippen molar-refractivity contribution < 1.29 is 4.79 Å². The van der Waals surface area contributed by atoms with E-state index in [0.717, 1.165) is 32.4 Å². The first-order chi connectivity index (χ1) is 8.70. The molecule has 1 aliphatic rings. The Bertz CT molecular complexity index is 399. The standard InChI is InChI=1S/C12H21N5O/c1-3-4-5-9(2)14-12(18)11-8-17(16-15-11)10-6-13-7-10/h8-10,13H,3-7H2,1-2H3,(H,14,18). The molecule has 6 nitrogen and oxygen atoms in total. The molecule has 0 bridgehead atoms. The molecule has 2 N–H and O–H groups in total. The van der Waals surface area contributed by atoms with Crippen molar-refractivity contribution in [1.82, 2.24) is 25.6 Å². The number of amides is 1. The van der Waals surface area contributed by atoms with Gasteiger partial charge in [0.1, 0.15) is 0 Å². The number of carbonyl (C=O) groups excluding carboxylic acids is 1. The van der Waals surface area contributed by atoms with Gasteiger partial charge in [-0.15, -0.1) is 5.10 Å². The summed E-state index contributed by atoms with van der Waals surface area (Å²) in [6, 6.07) is 0.532. The van der Waals surface area contributed by atoms with Crippen molar-refractivity contribution >= 4 is 5.91 Å². The van der Waals surface area contributed by atoms with Crippen molar-refractivity contribution in [3.05, 3.63) is 11.9 Å². The lowest BCUT2D eigenvalue weighted by Crippen LogP contribution is -2.43. The minimum Gasteiger partial charge on any atom is -0.348 e. The molecule has 1 aliphatic heterocycles. The normalized spacial score (nSPS) is 17.2. The molecule has 1 saturated heterocycles. The van der Waals surface area contributed by atoms with Crippen LogP contribution < -0.4 is 10.6 Å². The minimum absolute atomic E-state index is 0.128. The highest BCUT2D eigenvalue weighted by atomic mass is 16.2. The van der Waals surface area contributed by atoms with E-state index in [9.17, 15) is 4.79 Å². The number of unbranched alkanes of at least 4 members (excludes halogenated alkanes) is 1. The van der Waals surface area contributed by atoms with E-state index in [1.165, 1.54) is 0 Å². The lowest BCUT2D eigenvalue weighted by atomic mass is 10.1. The zero-order valence-electron chi connectivity index (χ0n) is 11.0. The number of nitrogens with zero attached hydrogens (tertiary/aromatic N) is 3. The predicted octanol–water partition coefficient (Wildman–Crippen LogP) is 0.731. The largest absolute Gasteiger partial charge is 0.348 e. The summed E-state index contributed by atoms with van der Waals surface area (Å²) < 4.78 is 1.77. The molecule has 2 rings (SSSR count). The van der Waals surface area contributed by atoms with Crippen molar-refractivity contribution in [2.24, 2.45) is 0 Å². The van der Waals surface area contributed by atoms with E-state index in [1.807, 2.05) is 6.92 Å². The maximum absolute atomic E-state index is 11.9. The van der Waals surface area contributed by atoms with Crippen LogP contribution in [0.25, 0.3) is 0 Å². The zero-order valence-corrected chi connectivity index (χ0v) is 11.0. The Morgan fingerprint density at radius 1 is 1.67 bits per heavy atom. The van der Waals surface area contributed by atoms with Crippen LogP contribution in [0.15, 0.2) is 6.20 Å². The van der Waals surface area contributed by atoms with Gasteiger partial charge < -0.3 is 10.6 Å². The second-order valence-corrected chi connectivity index (χ2v) is 4.91. The fourth-order valence-corrected chi connectivity index (χ4v) is 1.90. The monoisotopic (exact) mass is 251 g/mol. The van der Waals surface area contributed by atoms with Crippen LogP contribution in [0.5, 0.6) is 0 Å². The van der Waals surface area contributed by atoms with Crippen LogP contribution in [0.1, 0.15) is 49.6 Å². The van der Waals surface area contributed by atoms with Gasteiger partial charge in [-0.1, -0.05) is 25.0 Å². The Hall–Kier alpha value is -1.43. The summed E-state index contributed by atoms with van der Waals surface area (Å²) in [7, 11) is 0. The second kappa shape index (κ2) is 5.95. The first-order valence-electron chi connectivity index (χ1n) is 6.64. The zero-order chi connectivity index (χ0) is 13.0. The molecule has 100 valence electrons. The summed E-state index contributed by atoms with van der Waals surface area (Å²) in [4.78, 5) is 11.9. The van der Waals surface area contributed by atoms with Crippen molar-refractivity contribution in [2.45, 2.75) is 45.2 Å². The summed E-state index contributed by atoms with van der Waals surface area (Å²) in [5.41, 5.74) is 0.408. The Kier molecular flexibility index (Phi) is 4.30. The highest BCUT2D eigenvalue weighted by Gasteiger charge is 2.21.